The summed E-state index contributed by atoms with van der Waals surface area (Å²) in [6.45, 7) is 0. The molecule has 0 radical (unpaired) electrons. The van der Waals surface area contributed by atoms with E-state index in [1.165, 1.54) is 0 Å². The van der Waals surface area contributed by atoms with Crippen LogP contribution in [-0.4, -0.2) is 28.5 Å². The summed E-state index contributed by atoms with van der Waals surface area (Å²) >= 11 is 0.858. The van der Waals surface area contributed by atoms with E-state index in [4.69, 9.17) is 0 Å². The maximum absolute atomic E-state index is 13.0. The quantitative estimate of drug-likeness (QED) is 0.425. The molecule has 0 N–H and O–H groups in total. The fraction of sp³-hybridized carbons (Fsp3) is 0.714. The van der Waals surface area contributed by atoms with Gasteiger partial charge in [0, 0.05) is 0 Å². The van der Waals surface area contributed by atoms with Crippen molar-refractivity contribution in [2.24, 2.45) is 0 Å². The lowest BCUT2D eigenvalue weighted by Crippen LogP contribution is -2.67. The lowest BCUT2D eigenvalue weighted by Gasteiger charge is -2.43. The van der Waals surface area contributed by atoms with Gasteiger partial charge in [0.15, 0.2) is 5.83 Å². The van der Waals surface area contributed by atoms with Crippen LogP contribution in [0.2, 0.25) is 0 Å². The average Bonchev–Trinajstić information content (AvgIpc) is 2.12. The highest BCUT2D eigenvalue weighted by molar-refractivity contribution is 9.10. The van der Waals surface area contributed by atoms with Gasteiger partial charge in [-0.15, -0.1) is 0 Å². The standard InChI is InChI=1S/C7BrF11/c8-6(17)4(12,13)2(9)1(5(14,15)16)3(10,11)7(6,18)19. The molecule has 0 fully saturated rings. The molecular weight excluding hydrogens is 373 g/mol. The average molecular weight is 373 g/mol. The van der Waals surface area contributed by atoms with Crippen molar-refractivity contribution in [2.75, 3.05) is 0 Å². The molecule has 1 unspecified atom stereocenters. The SMILES string of the molecule is FC1=C(C(F)(F)F)C(F)(F)C(F)(F)C(F)(Br)C1(F)F. The molecule has 1 atom stereocenters. The van der Waals surface area contributed by atoms with Crippen molar-refractivity contribution in [3.8, 4) is 0 Å². The maximum Gasteiger partial charge on any atom is 0.421 e. The maximum atomic E-state index is 13.0. The highest BCUT2D eigenvalue weighted by atomic mass is 79.9. The smallest absolute Gasteiger partial charge is 0.217 e. The Balaban J connectivity index is 3.82. The highest BCUT2D eigenvalue weighted by Gasteiger charge is 2.87. The van der Waals surface area contributed by atoms with Crippen molar-refractivity contribution >= 4 is 15.9 Å². The molecule has 0 bridgehead atoms. The van der Waals surface area contributed by atoms with Crippen LogP contribution in [0.1, 0.15) is 0 Å². The second-order valence-corrected chi connectivity index (χ2v) is 4.58. The van der Waals surface area contributed by atoms with Gasteiger partial charge in [-0.3, -0.25) is 0 Å². The molecule has 12 heteroatoms. The number of alkyl halides is 11. The minimum absolute atomic E-state index is 0.858. The van der Waals surface area contributed by atoms with Crippen LogP contribution in [-0.2, 0) is 0 Å². The highest BCUT2D eigenvalue weighted by Crippen LogP contribution is 2.65. The van der Waals surface area contributed by atoms with Gasteiger partial charge in [0.2, 0.25) is 0 Å². The van der Waals surface area contributed by atoms with Crippen molar-refractivity contribution in [3.05, 3.63) is 11.4 Å². The van der Waals surface area contributed by atoms with Crippen LogP contribution in [0.15, 0.2) is 11.4 Å². The van der Waals surface area contributed by atoms with Crippen LogP contribution in [0.4, 0.5) is 48.3 Å². The first-order valence-electron chi connectivity index (χ1n) is 4.02. The zero-order chi connectivity index (χ0) is 15.7. The first-order valence-corrected chi connectivity index (χ1v) is 4.81. The van der Waals surface area contributed by atoms with E-state index >= 15 is 0 Å². The molecule has 1 aliphatic rings. The van der Waals surface area contributed by atoms with E-state index in [-0.39, 0.29) is 0 Å². The second-order valence-electron chi connectivity index (χ2n) is 3.48. The summed E-state index contributed by atoms with van der Waals surface area (Å²) in [6, 6.07) is 0. The van der Waals surface area contributed by atoms with Gasteiger partial charge < -0.3 is 0 Å². The number of hydrogen-bond acceptors (Lipinski definition) is 0. The predicted octanol–water partition coefficient (Wildman–Crippen LogP) is 4.75. The van der Waals surface area contributed by atoms with Crippen LogP contribution in [0.25, 0.3) is 0 Å². The van der Waals surface area contributed by atoms with E-state index in [2.05, 4.69) is 0 Å². The Morgan fingerprint density at radius 1 is 0.789 bits per heavy atom. The van der Waals surface area contributed by atoms with Gasteiger partial charge >= 0.3 is 28.5 Å². The molecule has 112 valence electrons. The molecule has 0 aromatic rings. The van der Waals surface area contributed by atoms with Gasteiger partial charge in [0.25, 0.3) is 0 Å². The molecule has 0 aliphatic heterocycles. The lowest BCUT2D eigenvalue weighted by atomic mass is 9.86. The Hall–Kier alpha value is -0.550. The van der Waals surface area contributed by atoms with Gasteiger partial charge in [0.1, 0.15) is 5.57 Å². The molecule has 0 spiro atoms. The largest absolute Gasteiger partial charge is 0.421 e. The van der Waals surface area contributed by atoms with E-state index in [1.54, 1.807) is 0 Å². The van der Waals surface area contributed by atoms with E-state index in [0.717, 1.165) is 15.9 Å². The van der Waals surface area contributed by atoms with Gasteiger partial charge in [-0.2, -0.15) is 39.5 Å². The van der Waals surface area contributed by atoms with Crippen LogP contribution in [0.5, 0.6) is 0 Å². The van der Waals surface area contributed by atoms with Gasteiger partial charge in [-0.05, 0) is 15.9 Å². The molecule has 0 heterocycles. The van der Waals surface area contributed by atoms with Crippen molar-refractivity contribution in [1.82, 2.24) is 0 Å². The summed E-state index contributed by atoms with van der Waals surface area (Å²) in [5, 5.41) is 0. The number of rotatable bonds is 0. The van der Waals surface area contributed by atoms with Gasteiger partial charge in [-0.25, -0.2) is 8.78 Å². The third-order valence-electron chi connectivity index (χ3n) is 2.28. The molecule has 0 saturated heterocycles. The third kappa shape index (κ3) is 1.77. The lowest BCUT2D eigenvalue weighted by molar-refractivity contribution is -0.299. The first-order chi connectivity index (χ1) is 8.03. The fourth-order valence-electron chi connectivity index (χ4n) is 1.29. The van der Waals surface area contributed by atoms with Gasteiger partial charge in [0.05, 0.1) is 0 Å². The van der Waals surface area contributed by atoms with Gasteiger partial charge in [-0.1, -0.05) is 0 Å². The van der Waals surface area contributed by atoms with Crippen LogP contribution >= 0.6 is 15.9 Å². The molecule has 0 nitrogen and oxygen atoms in total. The summed E-state index contributed by atoms with van der Waals surface area (Å²) in [5.41, 5.74) is -4.11. The Labute approximate surface area is 105 Å². The van der Waals surface area contributed by atoms with E-state index < -0.39 is 39.9 Å². The Morgan fingerprint density at radius 2 is 1.16 bits per heavy atom. The Morgan fingerprint density at radius 3 is 1.47 bits per heavy atom. The zero-order valence-corrected chi connectivity index (χ0v) is 9.62. The summed E-state index contributed by atoms with van der Waals surface area (Å²) in [5.74, 6) is -23.2. The molecule has 0 aromatic heterocycles. The number of halogens is 12. The first kappa shape index (κ1) is 16.5. The molecule has 1 aliphatic carbocycles. The fourth-order valence-corrected chi connectivity index (χ4v) is 1.71. The summed E-state index contributed by atoms with van der Waals surface area (Å²) in [7, 11) is 0. The topological polar surface area (TPSA) is 0 Å². The second kappa shape index (κ2) is 3.76. The molecular formula is C7BrF11. The molecule has 19 heavy (non-hydrogen) atoms. The molecule has 1 rings (SSSR count). The molecule has 0 aromatic carbocycles. The molecule has 0 saturated carbocycles. The van der Waals surface area contributed by atoms with Crippen molar-refractivity contribution in [1.29, 1.82) is 0 Å². The minimum Gasteiger partial charge on any atom is -0.217 e. The Bertz CT molecular complexity index is 429. The normalized spacial score (nSPS) is 33.5. The van der Waals surface area contributed by atoms with E-state index in [9.17, 15) is 48.3 Å². The van der Waals surface area contributed by atoms with Crippen molar-refractivity contribution < 1.29 is 48.3 Å². The summed E-state index contributed by atoms with van der Waals surface area (Å²) in [6.07, 6.45) is -6.54. The number of allylic oxidation sites excluding steroid dienone is 2. The van der Waals surface area contributed by atoms with E-state index in [0.29, 0.717) is 0 Å². The van der Waals surface area contributed by atoms with E-state index in [1.807, 2.05) is 0 Å². The van der Waals surface area contributed by atoms with Crippen LogP contribution < -0.4 is 0 Å². The molecule has 0 amide bonds. The van der Waals surface area contributed by atoms with Crippen molar-refractivity contribution in [2.45, 2.75) is 28.5 Å². The van der Waals surface area contributed by atoms with Crippen molar-refractivity contribution in [3.63, 3.8) is 0 Å². The zero-order valence-electron chi connectivity index (χ0n) is 8.04. The van der Waals surface area contributed by atoms with Crippen LogP contribution in [0.3, 0.4) is 0 Å². The summed E-state index contributed by atoms with van der Waals surface area (Å²) in [4.78, 5) is 0. The minimum atomic E-state index is -6.54. The summed E-state index contributed by atoms with van der Waals surface area (Å²) < 4.78 is 133. The third-order valence-corrected chi connectivity index (χ3v) is 3.27. The Kier molecular flexibility index (Phi) is 3.26. The predicted molar refractivity (Wildman–Crippen MR) is 41.8 cm³/mol. The monoisotopic (exact) mass is 372 g/mol. The number of hydrogen-bond donors (Lipinski definition) is 0. The van der Waals surface area contributed by atoms with Crippen LogP contribution in [0, 0.1) is 0 Å².